The van der Waals surface area contributed by atoms with Gasteiger partial charge in [0.2, 0.25) is 5.95 Å². The molecule has 1 saturated heterocycles. The molecule has 0 amide bonds. The quantitative estimate of drug-likeness (QED) is 0.933. The lowest BCUT2D eigenvalue weighted by Crippen LogP contribution is -2.37. The van der Waals surface area contributed by atoms with E-state index < -0.39 is 0 Å². The smallest absolute Gasteiger partial charge is 0.226 e. The summed E-state index contributed by atoms with van der Waals surface area (Å²) < 4.78 is 18.7. The molecule has 6 heteroatoms. The van der Waals surface area contributed by atoms with Crippen LogP contribution in [-0.2, 0) is 11.3 Å². The summed E-state index contributed by atoms with van der Waals surface area (Å²) in [7, 11) is 0. The van der Waals surface area contributed by atoms with Gasteiger partial charge in [0.1, 0.15) is 5.82 Å². The number of aliphatic hydroxyl groups excluding tert-OH is 1. The molecule has 2 heterocycles. The van der Waals surface area contributed by atoms with Crippen LogP contribution in [0, 0.1) is 5.82 Å². The van der Waals surface area contributed by atoms with Crippen LogP contribution in [0.3, 0.4) is 0 Å². The summed E-state index contributed by atoms with van der Waals surface area (Å²) in [5, 5.41) is 9.88. The zero-order valence-corrected chi connectivity index (χ0v) is 14.0. The average Bonchev–Trinajstić information content (AvgIpc) is 2.62. The van der Waals surface area contributed by atoms with E-state index >= 15 is 0 Å². The first-order chi connectivity index (χ1) is 11.6. The van der Waals surface area contributed by atoms with E-state index in [4.69, 9.17) is 9.72 Å². The van der Waals surface area contributed by atoms with Crippen molar-refractivity contribution in [2.45, 2.75) is 26.4 Å². The van der Waals surface area contributed by atoms with E-state index in [9.17, 15) is 9.50 Å². The van der Waals surface area contributed by atoms with Crippen LogP contribution in [0.15, 0.2) is 24.3 Å². The topological polar surface area (TPSA) is 58.5 Å². The van der Waals surface area contributed by atoms with Gasteiger partial charge in [-0.05, 0) is 30.2 Å². The molecule has 2 aromatic rings. The van der Waals surface area contributed by atoms with Crippen molar-refractivity contribution in [2.24, 2.45) is 0 Å². The van der Waals surface area contributed by atoms with Crippen LogP contribution in [0.25, 0.3) is 11.3 Å². The van der Waals surface area contributed by atoms with Gasteiger partial charge in [0.05, 0.1) is 31.2 Å². The van der Waals surface area contributed by atoms with Crippen molar-refractivity contribution in [3.05, 3.63) is 41.3 Å². The van der Waals surface area contributed by atoms with Gasteiger partial charge >= 0.3 is 0 Å². The molecule has 0 atom stereocenters. The van der Waals surface area contributed by atoms with Crippen molar-refractivity contribution in [3.63, 3.8) is 0 Å². The van der Waals surface area contributed by atoms with Crippen molar-refractivity contribution in [3.8, 4) is 11.3 Å². The highest BCUT2D eigenvalue weighted by atomic mass is 19.1. The lowest BCUT2D eigenvalue weighted by molar-refractivity contribution is 0.122. The minimum absolute atomic E-state index is 0.147. The molecule has 128 valence electrons. The summed E-state index contributed by atoms with van der Waals surface area (Å²) in [5.41, 5.74) is 2.97. The van der Waals surface area contributed by atoms with Gasteiger partial charge in [0.15, 0.2) is 0 Å². The molecule has 5 nitrogen and oxygen atoms in total. The predicted octanol–water partition coefficient (Wildman–Crippen LogP) is 2.74. The second kappa shape index (κ2) is 7.23. The second-order valence-corrected chi connectivity index (χ2v) is 6.16. The van der Waals surface area contributed by atoms with Gasteiger partial charge in [0.25, 0.3) is 0 Å². The number of aliphatic hydroxyl groups is 1. The summed E-state index contributed by atoms with van der Waals surface area (Å²) >= 11 is 0. The molecule has 1 N–H and O–H groups in total. The van der Waals surface area contributed by atoms with E-state index in [1.807, 2.05) is 13.8 Å². The number of anilines is 1. The zero-order valence-electron chi connectivity index (χ0n) is 14.0. The maximum Gasteiger partial charge on any atom is 0.226 e. The van der Waals surface area contributed by atoms with Crippen molar-refractivity contribution in [1.29, 1.82) is 0 Å². The molecule has 1 fully saturated rings. The van der Waals surface area contributed by atoms with Crippen molar-refractivity contribution < 1.29 is 14.2 Å². The normalized spacial score (nSPS) is 15.1. The van der Waals surface area contributed by atoms with Gasteiger partial charge in [-0.3, -0.25) is 0 Å². The summed E-state index contributed by atoms with van der Waals surface area (Å²) in [6.45, 7) is 6.70. The molecule has 0 unspecified atom stereocenters. The molecular weight excluding hydrogens is 309 g/mol. The number of ether oxygens (including phenoxy) is 1. The molecule has 1 aromatic heterocycles. The monoisotopic (exact) mass is 331 g/mol. The molecule has 1 aliphatic heterocycles. The molecule has 0 radical (unpaired) electrons. The van der Waals surface area contributed by atoms with Gasteiger partial charge in [-0.2, -0.15) is 0 Å². The third kappa shape index (κ3) is 3.39. The van der Waals surface area contributed by atoms with Crippen molar-refractivity contribution in [2.75, 3.05) is 31.2 Å². The number of aromatic nitrogens is 2. The third-order valence-corrected chi connectivity index (χ3v) is 4.14. The Morgan fingerprint density at radius 3 is 2.42 bits per heavy atom. The fraction of sp³-hybridized carbons (Fsp3) is 0.444. The summed E-state index contributed by atoms with van der Waals surface area (Å²) in [5.74, 6) is 0.489. The van der Waals surface area contributed by atoms with E-state index in [-0.39, 0.29) is 18.3 Å². The lowest BCUT2D eigenvalue weighted by atomic mass is 9.99. The first-order valence-electron chi connectivity index (χ1n) is 8.20. The molecule has 0 aliphatic carbocycles. The first kappa shape index (κ1) is 16.8. The minimum Gasteiger partial charge on any atom is -0.392 e. The van der Waals surface area contributed by atoms with Crippen LogP contribution in [-0.4, -0.2) is 41.4 Å². The Morgan fingerprint density at radius 1 is 1.17 bits per heavy atom. The number of hydrogen-bond acceptors (Lipinski definition) is 5. The van der Waals surface area contributed by atoms with E-state index in [0.717, 1.165) is 24.3 Å². The van der Waals surface area contributed by atoms with Crippen molar-refractivity contribution in [1.82, 2.24) is 9.97 Å². The molecule has 0 saturated carbocycles. The summed E-state index contributed by atoms with van der Waals surface area (Å²) in [6.07, 6.45) is 0. The van der Waals surface area contributed by atoms with Crippen molar-refractivity contribution >= 4 is 5.95 Å². The van der Waals surface area contributed by atoms with Gasteiger partial charge < -0.3 is 14.7 Å². The Balaban J connectivity index is 2.13. The number of morpholine rings is 1. The van der Waals surface area contributed by atoms with E-state index in [0.29, 0.717) is 30.4 Å². The Kier molecular flexibility index (Phi) is 5.06. The number of benzene rings is 1. The molecule has 24 heavy (non-hydrogen) atoms. The summed E-state index contributed by atoms with van der Waals surface area (Å²) in [6, 6.07) is 6.18. The van der Waals surface area contributed by atoms with Gasteiger partial charge in [0, 0.05) is 24.2 Å². The SMILES string of the molecule is CC(C)c1nc(N2CCOCC2)nc(-c2ccc(F)cc2)c1CO. The first-order valence-corrected chi connectivity index (χ1v) is 8.20. The second-order valence-electron chi connectivity index (χ2n) is 6.16. The Hall–Kier alpha value is -2.05. The highest BCUT2D eigenvalue weighted by Gasteiger charge is 2.21. The van der Waals surface area contributed by atoms with E-state index in [1.54, 1.807) is 12.1 Å². The Morgan fingerprint density at radius 2 is 1.83 bits per heavy atom. The van der Waals surface area contributed by atoms with Crippen LogP contribution in [0.1, 0.15) is 31.0 Å². The van der Waals surface area contributed by atoms with Crippen LogP contribution < -0.4 is 4.90 Å². The van der Waals surface area contributed by atoms with Gasteiger partial charge in [-0.15, -0.1) is 0 Å². The molecule has 1 aliphatic rings. The number of halogens is 1. The lowest BCUT2D eigenvalue weighted by Gasteiger charge is -2.28. The maximum atomic E-state index is 13.3. The van der Waals surface area contributed by atoms with Crippen LogP contribution in [0.2, 0.25) is 0 Å². The fourth-order valence-corrected chi connectivity index (χ4v) is 2.87. The number of nitrogens with zero attached hydrogens (tertiary/aromatic N) is 3. The Bertz CT molecular complexity index is 698. The highest BCUT2D eigenvalue weighted by Crippen LogP contribution is 2.30. The van der Waals surface area contributed by atoms with Crippen LogP contribution in [0.4, 0.5) is 10.3 Å². The van der Waals surface area contributed by atoms with Gasteiger partial charge in [-0.25, -0.2) is 14.4 Å². The molecule has 3 rings (SSSR count). The average molecular weight is 331 g/mol. The zero-order chi connectivity index (χ0) is 17.1. The highest BCUT2D eigenvalue weighted by molar-refractivity contribution is 5.65. The van der Waals surface area contributed by atoms with Gasteiger partial charge in [-0.1, -0.05) is 13.8 Å². The van der Waals surface area contributed by atoms with E-state index in [2.05, 4.69) is 9.88 Å². The number of hydrogen-bond donors (Lipinski definition) is 1. The summed E-state index contributed by atoms with van der Waals surface area (Å²) in [4.78, 5) is 11.5. The maximum absolute atomic E-state index is 13.3. The number of rotatable bonds is 4. The fourth-order valence-electron chi connectivity index (χ4n) is 2.87. The standard InChI is InChI=1S/C18H22FN3O2/c1-12(2)16-15(11-23)17(13-3-5-14(19)6-4-13)21-18(20-16)22-7-9-24-10-8-22/h3-6,12,23H,7-11H2,1-2H3. The largest absolute Gasteiger partial charge is 0.392 e. The van der Waals surface area contributed by atoms with Crippen LogP contribution in [0.5, 0.6) is 0 Å². The predicted molar refractivity (Wildman–Crippen MR) is 90.5 cm³/mol. The molecule has 0 bridgehead atoms. The Labute approximate surface area is 141 Å². The molecule has 0 spiro atoms. The van der Waals surface area contributed by atoms with Crippen LogP contribution >= 0.6 is 0 Å². The molecular formula is C18H22FN3O2. The minimum atomic E-state index is -0.296. The molecule has 1 aromatic carbocycles. The third-order valence-electron chi connectivity index (χ3n) is 4.14. The van der Waals surface area contributed by atoms with E-state index in [1.165, 1.54) is 12.1 Å².